The van der Waals surface area contributed by atoms with Crippen molar-refractivity contribution in [2.24, 2.45) is 0 Å². The summed E-state index contributed by atoms with van der Waals surface area (Å²) in [6, 6.07) is 0. The molecule has 0 spiro atoms. The van der Waals surface area contributed by atoms with Crippen LogP contribution in [-0.4, -0.2) is 50.3 Å². The van der Waals surface area contributed by atoms with Gasteiger partial charge in [0.1, 0.15) is 6.23 Å². The number of hydrogen-bond acceptors (Lipinski definition) is 6. The quantitative estimate of drug-likeness (QED) is 0.508. The number of hydrogen-bond donors (Lipinski definition) is 4. The Morgan fingerprint density at radius 2 is 2.22 bits per heavy atom. The van der Waals surface area contributed by atoms with Gasteiger partial charge in [-0.15, -0.1) is 8.58 Å². The van der Waals surface area contributed by atoms with E-state index in [9.17, 15) is 19.5 Å². The molecule has 9 nitrogen and oxygen atoms in total. The van der Waals surface area contributed by atoms with Gasteiger partial charge in [0.15, 0.2) is 0 Å². The van der Waals surface area contributed by atoms with Crippen LogP contribution in [0.2, 0.25) is 0 Å². The Morgan fingerprint density at radius 1 is 1.57 bits per heavy atom. The van der Waals surface area contributed by atoms with Crippen molar-refractivity contribution in [3.8, 4) is 0 Å². The molecule has 0 radical (unpaired) electrons. The molecule has 1 fully saturated rings. The molecule has 0 saturated carbocycles. The van der Waals surface area contributed by atoms with Gasteiger partial charge in [-0.1, -0.05) is 0 Å². The summed E-state index contributed by atoms with van der Waals surface area (Å²) in [6.07, 6.45) is 0.769. The molecule has 1 aliphatic heterocycles. The number of aliphatic hydroxyl groups excluding tert-OH is 1. The van der Waals surface area contributed by atoms with E-state index in [4.69, 9.17) is 14.1 Å². The molecule has 1 aromatic rings. The maximum absolute atomic E-state index is 11.8. The van der Waals surface area contributed by atoms with Gasteiger partial charge >= 0.3 is 33.1 Å². The standard InChI is InChI=1S/C12H17N2O6P.HN.V/c1-6-3-14(12(19)13-11(6)18)9-2-8(7(4-15)20-9)21-5-10(16)17;;/h3,7-9,15,21H,2,4-5H2,1H3,(H,16,17)(H,13,18,19);1H;. The minimum absolute atomic E-state index is 0.0107. The van der Waals surface area contributed by atoms with Gasteiger partial charge in [0.2, 0.25) is 0 Å². The van der Waals surface area contributed by atoms with Crippen molar-refractivity contribution in [3.63, 3.8) is 0 Å². The van der Waals surface area contributed by atoms with Crippen LogP contribution in [0, 0.1) is 11.1 Å². The summed E-state index contributed by atoms with van der Waals surface area (Å²) in [5, 5.41) is 18.1. The van der Waals surface area contributed by atoms with Crippen LogP contribution in [0.5, 0.6) is 0 Å². The Bertz CT molecular complexity index is 663. The molecule has 4 N–H and O–H groups in total. The Balaban J connectivity index is 0.00000127. The summed E-state index contributed by atoms with van der Waals surface area (Å²) in [5.41, 5.74) is -0.753. The first kappa shape index (κ1) is 19.9. The van der Waals surface area contributed by atoms with Crippen LogP contribution in [0.15, 0.2) is 15.8 Å². The predicted molar refractivity (Wildman–Crippen MR) is 79.0 cm³/mol. The van der Waals surface area contributed by atoms with E-state index in [1.54, 1.807) is 24.2 Å². The average molecular weight is 382 g/mol. The first-order valence-electron chi connectivity index (χ1n) is 6.68. The van der Waals surface area contributed by atoms with Gasteiger partial charge in [-0.25, -0.2) is 4.79 Å². The molecular formula is C12H18N3O6PV. The van der Waals surface area contributed by atoms with E-state index in [1.165, 1.54) is 10.8 Å². The Morgan fingerprint density at radius 3 is 2.78 bits per heavy atom. The van der Waals surface area contributed by atoms with E-state index in [0.717, 1.165) is 0 Å². The van der Waals surface area contributed by atoms with Gasteiger partial charge in [-0.2, -0.15) is 0 Å². The van der Waals surface area contributed by atoms with Gasteiger partial charge in [-0.3, -0.25) is 19.1 Å². The summed E-state index contributed by atoms with van der Waals surface area (Å²) in [5.74, 6) is -0.898. The second-order valence-corrected chi connectivity index (χ2v) is 6.41. The van der Waals surface area contributed by atoms with Crippen molar-refractivity contribution < 1.29 is 37.0 Å². The van der Waals surface area contributed by atoms with Gasteiger partial charge in [-0.05, 0) is 6.92 Å². The second kappa shape index (κ2) is 9.25. The number of rotatable bonds is 5. The first-order valence-corrected chi connectivity index (χ1v) is 8.66. The molecule has 1 saturated heterocycles. The molecule has 127 valence electrons. The molecule has 1 aliphatic rings. The van der Waals surface area contributed by atoms with Crippen LogP contribution in [0.1, 0.15) is 18.2 Å². The first-order chi connectivity index (χ1) is 10.9. The average Bonchev–Trinajstić information content (AvgIpc) is 2.94. The number of H-pyrrole nitrogens is 1. The van der Waals surface area contributed by atoms with E-state index in [2.05, 4.69) is 4.98 Å². The van der Waals surface area contributed by atoms with E-state index in [-0.39, 0.29) is 27.0 Å². The third kappa shape index (κ3) is 5.19. The zero-order valence-corrected chi connectivity index (χ0v) is 14.7. The molecule has 0 aliphatic carbocycles. The number of carboxylic acids is 1. The van der Waals surface area contributed by atoms with Crippen molar-refractivity contribution in [2.75, 3.05) is 12.8 Å². The topological polar surface area (TPSA) is 145 Å². The fourth-order valence-electron chi connectivity index (χ4n) is 2.30. The Hall–Kier alpha value is -1.12. The van der Waals surface area contributed by atoms with Crippen LogP contribution in [0.4, 0.5) is 0 Å². The number of nitrogens with one attached hydrogen (secondary N) is 2. The predicted octanol–water partition coefficient (Wildman–Crippen LogP) is -0.448. The van der Waals surface area contributed by atoms with Gasteiger partial charge in [0.25, 0.3) is 5.56 Å². The van der Waals surface area contributed by atoms with Crippen LogP contribution in [0.3, 0.4) is 0 Å². The third-order valence-electron chi connectivity index (χ3n) is 3.39. The summed E-state index contributed by atoms with van der Waals surface area (Å²) >= 11 is 1.56. The molecule has 2 heterocycles. The normalized spacial score (nSPS) is 23.6. The molecule has 4 atom stereocenters. The number of nitrogens with zero attached hydrogens (tertiary/aromatic N) is 1. The fourth-order valence-corrected chi connectivity index (χ4v) is 3.56. The summed E-state index contributed by atoms with van der Waals surface area (Å²) in [6.45, 7) is 1.35. The van der Waals surface area contributed by atoms with Crippen molar-refractivity contribution in [1.29, 1.82) is 4.21 Å². The molecule has 0 aromatic carbocycles. The summed E-state index contributed by atoms with van der Waals surface area (Å²) in [7, 11) is 0.104. The minimum atomic E-state index is -0.898. The second-order valence-electron chi connectivity index (χ2n) is 4.91. The van der Waals surface area contributed by atoms with Crippen molar-refractivity contribution in [3.05, 3.63) is 32.6 Å². The Kier molecular flexibility index (Phi) is 8.01. The van der Waals surface area contributed by atoms with Crippen LogP contribution in [0.25, 0.3) is 0 Å². The van der Waals surface area contributed by atoms with Crippen molar-refractivity contribution in [1.82, 2.24) is 9.55 Å². The van der Waals surface area contributed by atoms with Crippen molar-refractivity contribution >= 4 is 14.6 Å². The zero-order valence-electron chi connectivity index (χ0n) is 12.4. The number of aliphatic carboxylic acids is 1. The summed E-state index contributed by atoms with van der Waals surface area (Å²) in [4.78, 5) is 36.0. The van der Waals surface area contributed by atoms with Gasteiger partial charge < -0.3 is 14.9 Å². The molecule has 1 aromatic heterocycles. The van der Waals surface area contributed by atoms with E-state index < -0.39 is 29.6 Å². The molecule has 23 heavy (non-hydrogen) atoms. The van der Waals surface area contributed by atoms with Crippen LogP contribution in [-0.2, 0) is 26.8 Å². The maximum atomic E-state index is 11.8. The van der Waals surface area contributed by atoms with E-state index in [0.29, 0.717) is 12.0 Å². The van der Waals surface area contributed by atoms with Crippen molar-refractivity contribution in [2.45, 2.75) is 31.3 Å². The molecule has 4 unspecified atom stereocenters. The number of aliphatic hydroxyl groups is 1. The van der Waals surface area contributed by atoms with E-state index >= 15 is 0 Å². The third-order valence-corrected chi connectivity index (χ3v) is 5.03. The van der Waals surface area contributed by atoms with Crippen LogP contribution >= 0.6 is 8.58 Å². The number of carbonyl (C=O) groups is 1. The fraction of sp³-hybridized carbons (Fsp3) is 0.583. The number of carboxylic acid groups (broad SMARTS) is 1. The number of aryl methyl sites for hydroxylation is 1. The van der Waals surface area contributed by atoms with Crippen LogP contribution < -0.4 is 11.2 Å². The Labute approximate surface area is 142 Å². The van der Waals surface area contributed by atoms with E-state index in [1.807, 2.05) is 0 Å². The SMILES string of the molecule is Cc1cn(C2CC(PCC(=O)O)C(CO)O2)c(=O)[nH]c1=O.[NH]=[V]. The molecular weight excluding hydrogens is 364 g/mol. The number of aromatic amines is 1. The number of ether oxygens (including phenoxy) is 1. The molecule has 0 bridgehead atoms. The molecule has 2 rings (SSSR count). The summed E-state index contributed by atoms with van der Waals surface area (Å²) < 4.78 is 12.6. The molecule has 0 amide bonds. The zero-order chi connectivity index (χ0) is 17.6. The monoisotopic (exact) mass is 382 g/mol. The molecule has 11 heteroatoms. The van der Waals surface area contributed by atoms with Gasteiger partial charge in [0.05, 0.1) is 18.9 Å². The van der Waals surface area contributed by atoms with Gasteiger partial charge in [0, 0.05) is 23.8 Å². The number of aromatic nitrogens is 2.